The fraction of sp³-hybridized carbons (Fsp3) is 0.895. The summed E-state index contributed by atoms with van der Waals surface area (Å²) in [6.45, 7) is 14.7. The van der Waals surface area contributed by atoms with Gasteiger partial charge in [-0.1, -0.05) is 69.9 Å². The summed E-state index contributed by atoms with van der Waals surface area (Å²) < 4.78 is 0. The van der Waals surface area contributed by atoms with E-state index >= 15 is 0 Å². The van der Waals surface area contributed by atoms with Crippen LogP contribution in [0.3, 0.4) is 0 Å². The lowest BCUT2D eigenvalue weighted by Gasteiger charge is -2.18. The van der Waals surface area contributed by atoms with E-state index in [1.54, 1.807) is 0 Å². The van der Waals surface area contributed by atoms with Crippen molar-refractivity contribution in [3.05, 3.63) is 11.1 Å². The van der Waals surface area contributed by atoms with Gasteiger partial charge in [0.1, 0.15) is 0 Å². The summed E-state index contributed by atoms with van der Waals surface area (Å²) in [4.78, 5) is 0. The molecule has 0 bridgehead atoms. The Kier molecular flexibility index (Phi) is 12.3. The van der Waals surface area contributed by atoms with E-state index in [9.17, 15) is 0 Å². The second-order valence-electron chi connectivity index (χ2n) is 6.65. The van der Waals surface area contributed by atoms with Gasteiger partial charge in [0.2, 0.25) is 0 Å². The Labute approximate surface area is 128 Å². The van der Waals surface area contributed by atoms with Gasteiger partial charge in [-0.3, -0.25) is 0 Å². The molecule has 0 fully saturated rings. The molecule has 0 aliphatic heterocycles. The van der Waals surface area contributed by atoms with Crippen molar-refractivity contribution in [3.63, 3.8) is 0 Å². The van der Waals surface area contributed by atoms with Crippen LogP contribution in [0.2, 0.25) is 0 Å². The van der Waals surface area contributed by atoms with E-state index in [0.29, 0.717) is 6.04 Å². The van der Waals surface area contributed by atoms with Gasteiger partial charge in [0.15, 0.2) is 0 Å². The van der Waals surface area contributed by atoms with Gasteiger partial charge in [-0.15, -0.1) is 0 Å². The van der Waals surface area contributed by atoms with Crippen LogP contribution in [0.25, 0.3) is 0 Å². The van der Waals surface area contributed by atoms with Gasteiger partial charge in [-0.25, -0.2) is 0 Å². The average molecular weight is 282 g/mol. The largest absolute Gasteiger partial charge is 0.311 e. The Morgan fingerprint density at radius 2 is 1.50 bits per heavy atom. The molecule has 0 aromatic heterocycles. The molecule has 0 saturated carbocycles. The highest BCUT2D eigenvalue weighted by Gasteiger charge is 2.08. The van der Waals surface area contributed by atoms with E-state index in [2.05, 4.69) is 46.9 Å². The van der Waals surface area contributed by atoms with Crippen molar-refractivity contribution in [2.24, 2.45) is 5.92 Å². The first-order valence-electron chi connectivity index (χ1n) is 8.90. The number of hydrogen-bond donors (Lipinski definition) is 1. The van der Waals surface area contributed by atoms with Gasteiger partial charge in [0, 0.05) is 6.04 Å². The molecule has 0 aromatic carbocycles. The summed E-state index contributed by atoms with van der Waals surface area (Å²) in [5.74, 6) is 0.983. The molecule has 2 atom stereocenters. The molecule has 1 nitrogen and oxygen atoms in total. The van der Waals surface area contributed by atoms with Crippen molar-refractivity contribution < 1.29 is 0 Å². The first kappa shape index (κ1) is 19.7. The maximum Gasteiger partial charge on any atom is 0.0250 e. The third kappa shape index (κ3) is 9.58. The van der Waals surface area contributed by atoms with Gasteiger partial charge >= 0.3 is 0 Å². The molecule has 0 spiro atoms. The molecule has 0 amide bonds. The maximum atomic E-state index is 3.65. The first-order valence-corrected chi connectivity index (χ1v) is 8.90. The van der Waals surface area contributed by atoms with E-state index in [0.717, 1.165) is 5.92 Å². The normalized spacial score (nSPS) is 14.1. The Hall–Kier alpha value is -0.300. The summed E-state index contributed by atoms with van der Waals surface area (Å²) in [7, 11) is 0. The zero-order chi connectivity index (χ0) is 15.4. The number of unbranched alkanes of at least 4 members (excludes halogenated alkanes) is 2. The molecule has 0 saturated heterocycles. The lowest BCUT2D eigenvalue weighted by Crippen LogP contribution is -2.28. The molecule has 0 radical (unpaired) electrons. The van der Waals surface area contributed by atoms with Crippen LogP contribution >= 0.6 is 0 Å². The van der Waals surface area contributed by atoms with Gasteiger partial charge < -0.3 is 5.32 Å². The molecule has 0 aromatic rings. The zero-order valence-corrected chi connectivity index (χ0v) is 15.0. The van der Waals surface area contributed by atoms with Gasteiger partial charge in [-0.2, -0.15) is 0 Å². The van der Waals surface area contributed by atoms with Crippen molar-refractivity contribution in [3.8, 4) is 0 Å². The third-order valence-electron chi connectivity index (χ3n) is 4.59. The third-order valence-corrected chi connectivity index (χ3v) is 4.59. The molecular weight excluding hydrogens is 242 g/mol. The van der Waals surface area contributed by atoms with Crippen molar-refractivity contribution in [1.82, 2.24) is 5.32 Å². The molecule has 20 heavy (non-hydrogen) atoms. The topological polar surface area (TPSA) is 12.0 Å². The molecule has 0 aliphatic rings. The molecule has 2 unspecified atom stereocenters. The SMILES string of the molecule is CCCCC(CCC)CCCCNC(C)C(C)=C(C)C. The van der Waals surface area contributed by atoms with E-state index in [1.807, 2.05) is 0 Å². The van der Waals surface area contributed by atoms with Crippen LogP contribution in [0.1, 0.15) is 92.9 Å². The second kappa shape index (κ2) is 12.4. The van der Waals surface area contributed by atoms with Gasteiger partial charge in [0.25, 0.3) is 0 Å². The minimum absolute atomic E-state index is 0.534. The average Bonchev–Trinajstić information content (AvgIpc) is 2.42. The standard InChI is InChI=1S/C19H39N/c1-7-9-13-19(12-8-2)14-10-11-15-20-18(6)17(5)16(3)4/h18-20H,7-15H2,1-6H3. The highest BCUT2D eigenvalue weighted by atomic mass is 14.9. The summed E-state index contributed by atoms with van der Waals surface area (Å²) in [5, 5.41) is 3.65. The Bertz CT molecular complexity index is 250. The summed E-state index contributed by atoms with van der Waals surface area (Å²) in [6.07, 6.45) is 11.1. The zero-order valence-electron chi connectivity index (χ0n) is 15.0. The van der Waals surface area contributed by atoms with Crippen molar-refractivity contribution in [1.29, 1.82) is 0 Å². The minimum atomic E-state index is 0.534. The summed E-state index contributed by atoms with van der Waals surface area (Å²) >= 11 is 0. The first-order chi connectivity index (χ1) is 9.52. The fourth-order valence-electron chi connectivity index (χ4n) is 2.80. The lowest BCUT2D eigenvalue weighted by molar-refractivity contribution is 0.384. The number of hydrogen-bond acceptors (Lipinski definition) is 1. The van der Waals surface area contributed by atoms with E-state index < -0.39 is 0 Å². The van der Waals surface area contributed by atoms with E-state index in [-0.39, 0.29) is 0 Å². The molecule has 1 N–H and O–H groups in total. The van der Waals surface area contributed by atoms with E-state index in [1.165, 1.54) is 69.1 Å². The van der Waals surface area contributed by atoms with Crippen LogP contribution in [-0.4, -0.2) is 12.6 Å². The monoisotopic (exact) mass is 281 g/mol. The fourth-order valence-corrected chi connectivity index (χ4v) is 2.80. The van der Waals surface area contributed by atoms with Gasteiger partial charge in [-0.05, 0) is 46.6 Å². The molecule has 1 heteroatoms. The summed E-state index contributed by atoms with van der Waals surface area (Å²) in [5.41, 5.74) is 2.95. The smallest absolute Gasteiger partial charge is 0.0250 e. The van der Waals surface area contributed by atoms with Crippen LogP contribution in [0, 0.1) is 5.92 Å². The van der Waals surface area contributed by atoms with Crippen LogP contribution in [-0.2, 0) is 0 Å². The number of allylic oxidation sites excluding steroid dienone is 1. The Morgan fingerprint density at radius 1 is 0.850 bits per heavy atom. The molecule has 0 aliphatic carbocycles. The van der Waals surface area contributed by atoms with Crippen LogP contribution in [0.15, 0.2) is 11.1 Å². The molecule has 0 rings (SSSR count). The highest BCUT2D eigenvalue weighted by molar-refractivity contribution is 5.12. The maximum absolute atomic E-state index is 3.65. The minimum Gasteiger partial charge on any atom is -0.311 e. The van der Waals surface area contributed by atoms with Crippen LogP contribution < -0.4 is 5.32 Å². The van der Waals surface area contributed by atoms with Crippen molar-refractivity contribution >= 4 is 0 Å². The predicted octanol–water partition coefficient (Wildman–Crippen LogP) is 6.10. The number of nitrogens with one attached hydrogen (secondary N) is 1. The van der Waals surface area contributed by atoms with Crippen molar-refractivity contribution in [2.75, 3.05) is 6.54 Å². The second-order valence-corrected chi connectivity index (χ2v) is 6.65. The van der Waals surface area contributed by atoms with Gasteiger partial charge in [0.05, 0.1) is 0 Å². The Morgan fingerprint density at radius 3 is 2.05 bits per heavy atom. The highest BCUT2D eigenvalue weighted by Crippen LogP contribution is 2.21. The summed E-state index contributed by atoms with van der Waals surface area (Å²) in [6, 6.07) is 0.534. The van der Waals surface area contributed by atoms with Crippen LogP contribution in [0.4, 0.5) is 0 Å². The Balaban J connectivity index is 3.75. The van der Waals surface area contributed by atoms with Crippen molar-refractivity contribution in [2.45, 2.75) is 99.0 Å². The molecule has 120 valence electrons. The lowest BCUT2D eigenvalue weighted by atomic mass is 9.92. The molecule has 0 heterocycles. The number of rotatable bonds is 12. The van der Waals surface area contributed by atoms with E-state index in [4.69, 9.17) is 0 Å². The quantitative estimate of drug-likeness (QED) is 0.337. The van der Waals surface area contributed by atoms with Crippen LogP contribution in [0.5, 0.6) is 0 Å². The molecular formula is C19H39N. The predicted molar refractivity (Wildman–Crippen MR) is 93.3 cm³/mol.